The maximum absolute atomic E-state index is 12.0. The van der Waals surface area contributed by atoms with Crippen LogP contribution in [0.3, 0.4) is 0 Å². The number of hydrogen-bond acceptors (Lipinski definition) is 4. The molecule has 3 aromatic carbocycles. The first-order valence-electron chi connectivity index (χ1n) is 12.4. The van der Waals surface area contributed by atoms with E-state index in [1.54, 1.807) is 0 Å². The molecule has 0 aliphatic heterocycles. The van der Waals surface area contributed by atoms with Gasteiger partial charge in [-0.15, -0.1) is 0 Å². The van der Waals surface area contributed by atoms with E-state index in [0.717, 1.165) is 47.6 Å². The van der Waals surface area contributed by atoms with E-state index in [1.807, 2.05) is 61.5 Å². The Morgan fingerprint density at radius 2 is 1.86 bits per heavy atom. The van der Waals surface area contributed by atoms with Gasteiger partial charge in [-0.3, -0.25) is 4.79 Å². The molecule has 0 heterocycles. The number of benzene rings is 3. The van der Waals surface area contributed by atoms with E-state index in [9.17, 15) is 4.79 Å². The van der Waals surface area contributed by atoms with Gasteiger partial charge < -0.3 is 14.2 Å². The third-order valence-corrected chi connectivity index (χ3v) is 6.70. The van der Waals surface area contributed by atoms with Crippen molar-refractivity contribution in [1.29, 1.82) is 0 Å². The average Bonchev–Trinajstić information content (AvgIpc) is 3.63. The maximum atomic E-state index is 12.0. The molecule has 0 saturated heterocycles. The molecular formula is C30H33ClO4. The minimum absolute atomic E-state index is 0.00453. The molecule has 35 heavy (non-hydrogen) atoms. The molecule has 3 atom stereocenters. The van der Waals surface area contributed by atoms with Gasteiger partial charge >= 0.3 is 5.97 Å². The third-order valence-electron chi connectivity index (χ3n) is 6.47. The molecule has 1 aliphatic carbocycles. The fourth-order valence-corrected chi connectivity index (χ4v) is 4.63. The number of hydrogen-bond donors (Lipinski definition) is 0. The smallest absolute Gasteiger partial charge is 0.309 e. The zero-order valence-corrected chi connectivity index (χ0v) is 21.4. The van der Waals surface area contributed by atoms with Crippen LogP contribution >= 0.6 is 11.6 Å². The van der Waals surface area contributed by atoms with Gasteiger partial charge in [0.1, 0.15) is 17.2 Å². The molecule has 1 fully saturated rings. The SMILES string of the molecule is CCOC(=O)C1CC1c1ccc(OCCC(C)Cc2ccc(Cl)cc2Oc2ccccc2)cc1C. The minimum Gasteiger partial charge on any atom is -0.494 e. The largest absolute Gasteiger partial charge is 0.494 e. The summed E-state index contributed by atoms with van der Waals surface area (Å²) in [5.74, 6) is 3.07. The summed E-state index contributed by atoms with van der Waals surface area (Å²) >= 11 is 6.23. The maximum Gasteiger partial charge on any atom is 0.309 e. The molecule has 4 rings (SSSR count). The van der Waals surface area contributed by atoms with E-state index in [-0.39, 0.29) is 17.8 Å². The highest BCUT2D eigenvalue weighted by Crippen LogP contribution is 2.49. The van der Waals surface area contributed by atoms with Crippen LogP contribution in [-0.2, 0) is 16.0 Å². The number of ether oxygens (including phenoxy) is 3. The number of carbonyl (C=O) groups is 1. The number of para-hydroxylation sites is 1. The topological polar surface area (TPSA) is 44.8 Å². The van der Waals surface area contributed by atoms with Gasteiger partial charge in [-0.25, -0.2) is 0 Å². The van der Waals surface area contributed by atoms with Crippen LogP contribution in [0.2, 0.25) is 5.02 Å². The standard InChI is InChI=1S/C30H33ClO4/c1-4-33-30(32)28-19-27(28)26-13-12-25(17-21(26)3)34-15-14-20(2)16-22-10-11-23(31)18-29(22)35-24-8-6-5-7-9-24/h5-13,17-18,20,27-28H,4,14-16,19H2,1-3H3. The second-order valence-corrected chi connectivity index (χ2v) is 9.77. The highest BCUT2D eigenvalue weighted by atomic mass is 35.5. The van der Waals surface area contributed by atoms with Crippen molar-refractivity contribution in [2.45, 2.75) is 46.0 Å². The van der Waals surface area contributed by atoms with Gasteiger partial charge in [0.2, 0.25) is 0 Å². The van der Waals surface area contributed by atoms with Crippen molar-refractivity contribution in [3.05, 3.63) is 88.4 Å². The van der Waals surface area contributed by atoms with Gasteiger partial charge in [0, 0.05) is 5.02 Å². The van der Waals surface area contributed by atoms with Crippen LogP contribution in [0.15, 0.2) is 66.7 Å². The van der Waals surface area contributed by atoms with Crippen molar-refractivity contribution >= 4 is 17.6 Å². The predicted molar refractivity (Wildman–Crippen MR) is 140 cm³/mol. The number of esters is 1. The second-order valence-electron chi connectivity index (χ2n) is 9.33. The molecule has 0 amide bonds. The molecule has 4 nitrogen and oxygen atoms in total. The first-order chi connectivity index (χ1) is 16.9. The molecule has 0 aromatic heterocycles. The van der Waals surface area contributed by atoms with Gasteiger partial charge in [0.25, 0.3) is 0 Å². The van der Waals surface area contributed by atoms with Crippen molar-refractivity contribution in [1.82, 2.24) is 0 Å². The van der Waals surface area contributed by atoms with E-state index >= 15 is 0 Å². The molecule has 0 N–H and O–H groups in total. The Kier molecular flexibility index (Phi) is 8.35. The lowest BCUT2D eigenvalue weighted by atomic mass is 9.97. The van der Waals surface area contributed by atoms with Crippen LogP contribution in [0.4, 0.5) is 0 Å². The third kappa shape index (κ3) is 6.79. The lowest BCUT2D eigenvalue weighted by Gasteiger charge is -2.16. The number of halogens is 1. The predicted octanol–water partition coefficient (Wildman–Crippen LogP) is 7.76. The number of carbonyl (C=O) groups excluding carboxylic acids is 1. The lowest BCUT2D eigenvalue weighted by molar-refractivity contribution is -0.144. The zero-order valence-electron chi connectivity index (χ0n) is 20.6. The van der Waals surface area contributed by atoms with Crippen LogP contribution in [0, 0.1) is 18.8 Å². The van der Waals surface area contributed by atoms with Crippen molar-refractivity contribution in [2.75, 3.05) is 13.2 Å². The van der Waals surface area contributed by atoms with Gasteiger partial charge in [-0.2, -0.15) is 0 Å². The van der Waals surface area contributed by atoms with E-state index < -0.39 is 0 Å². The molecule has 3 aromatic rings. The van der Waals surface area contributed by atoms with Crippen LogP contribution in [0.5, 0.6) is 17.2 Å². The summed E-state index contributed by atoms with van der Waals surface area (Å²) in [7, 11) is 0. The Hall–Kier alpha value is -2.98. The van der Waals surface area contributed by atoms with Gasteiger partial charge in [-0.1, -0.05) is 48.9 Å². The number of rotatable bonds is 11. The van der Waals surface area contributed by atoms with Crippen LogP contribution in [0.25, 0.3) is 0 Å². The summed E-state index contributed by atoms with van der Waals surface area (Å²) in [6, 6.07) is 21.8. The van der Waals surface area contributed by atoms with E-state index in [1.165, 1.54) is 5.56 Å². The Morgan fingerprint density at radius 1 is 1.06 bits per heavy atom. The average molecular weight is 493 g/mol. The Morgan fingerprint density at radius 3 is 2.60 bits per heavy atom. The first-order valence-corrected chi connectivity index (χ1v) is 12.7. The van der Waals surface area contributed by atoms with E-state index in [2.05, 4.69) is 26.0 Å². The quantitative estimate of drug-likeness (QED) is 0.256. The summed E-state index contributed by atoms with van der Waals surface area (Å²) in [6.07, 6.45) is 2.66. The first kappa shape index (κ1) is 25.1. The van der Waals surface area contributed by atoms with Crippen LogP contribution in [-0.4, -0.2) is 19.2 Å². The highest BCUT2D eigenvalue weighted by molar-refractivity contribution is 6.30. The molecule has 1 saturated carbocycles. The van der Waals surface area contributed by atoms with Gasteiger partial charge in [-0.05, 0) is 98.0 Å². The van der Waals surface area contributed by atoms with Gasteiger partial charge in [0.15, 0.2) is 0 Å². The summed E-state index contributed by atoms with van der Waals surface area (Å²) in [5, 5.41) is 0.661. The summed E-state index contributed by atoms with van der Waals surface area (Å²) < 4.78 is 17.3. The molecule has 0 bridgehead atoms. The summed E-state index contributed by atoms with van der Waals surface area (Å²) in [5.41, 5.74) is 3.51. The fraction of sp³-hybridized carbons (Fsp3) is 0.367. The van der Waals surface area contributed by atoms with E-state index in [4.69, 9.17) is 25.8 Å². The summed E-state index contributed by atoms with van der Waals surface area (Å²) in [6.45, 7) is 7.23. The molecular weight excluding hydrogens is 460 g/mol. The molecule has 184 valence electrons. The normalized spacial score (nSPS) is 17.5. The number of aryl methyl sites for hydroxylation is 1. The summed E-state index contributed by atoms with van der Waals surface area (Å²) in [4.78, 5) is 12.0. The van der Waals surface area contributed by atoms with Crippen molar-refractivity contribution in [3.8, 4) is 17.2 Å². The Labute approximate surface area is 213 Å². The van der Waals surface area contributed by atoms with Crippen molar-refractivity contribution in [3.63, 3.8) is 0 Å². The van der Waals surface area contributed by atoms with Crippen LogP contribution in [0.1, 0.15) is 49.3 Å². The van der Waals surface area contributed by atoms with Crippen LogP contribution < -0.4 is 9.47 Å². The lowest BCUT2D eigenvalue weighted by Crippen LogP contribution is -2.08. The second kappa shape index (κ2) is 11.6. The molecule has 5 heteroatoms. The minimum atomic E-state index is -0.0794. The highest BCUT2D eigenvalue weighted by Gasteiger charge is 2.45. The van der Waals surface area contributed by atoms with Crippen molar-refractivity contribution in [2.24, 2.45) is 11.8 Å². The molecule has 0 spiro atoms. The molecule has 1 aliphatic rings. The Bertz CT molecular complexity index is 1140. The van der Waals surface area contributed by atoms with Crippen molar-refractivity contribution < 1.29 is 19.0 Å². The zero-order chi connectivity index (χ0) is 24.8. The Balaban J connectivity index is 1.29. The van der Waals surface area contributed by atoms with E-state index in [0.29, 0.717) is 24.2 Å². The fourth-order valence-electron chi connectivity index (χ4n) is 4.47. The molecule has 0 radical (unpaired) electrons. The molecule has 3 unspecified atom stereocenters. The van der Waals surface area contributed by atoms with Gasteiger partial charge in [0.05, 0.1) is 19.1 Å². The monoisotopic (exact) mass is 492 g/mol.